The molecule has 1 heterocycles. The molecule has 0 fully saturated rings. The van der Waals surface area contributed by atoms with E-state index in [2.05, 4.69) is 10.3 Å². The van der Waals surface area contributed by atoms with E-state index < -0.39 is 11.9 Å². The van der Waals surface area contributed by atoms with Crippen LogP contribution in [0.3, 0.4) is 0 Å². The number of aromatic carboxylic acids is 1. The van der Waals surface area contributed by atoms with Gasteiger partial charge in [0.15, 0.2) is 0 Å². The molecule has 0 radical (unpaired) electrons. The Labute approximate surface area is 136 Å². The van der Waals surface area contributed by atoms with Crippen LogP contribution in [0.15, 0.2) is 48.5 Å². The number of carbonyl (C=O) groups excluding carboxylic acids is 1. The molecule has 1 aromatic heterocycles. The predicted molar refractivity (Wildman–Crippen MR) is 87.9 cm³/mol. The third-order valence-corrected chi connectivity index (χ3v) is 3.73. The lowest BCUT2D eigenvalue weighted by Gasteiger charge is -2.05. The van der Waals surface area contributed by atoms with Gasteiger partial charge in [-0.25, -0.2) is 4.79 Å². The van der Waals surface area contributed by atoms with Crippen LogP contribution in [-0.4, -0.2) is 22.0 Å². The predicted octanol–water partition coefficient (Wildman–Crippen LogP) is 3.45. The van der Waals surface area contributed by atoms with E-state index in [1.807, 2.05) is 30.3 Å². The van der Waals surface area contributed by atoms with Gasteiger partial charge < -0.3 is 15.4 Å². The first-order chi connectivity index (χ1) is 11.1. The molecule has 6 heteroatoms. The van der Waals surface area contributed by atoms with Gasteiger partial charge in [-0.3, -0.25) is 4.79 Å². The normalized spacial score (nSPS) is 10.7. The molecule has 0 saturated carbocycles. The largest absolute Gasteiger partial charge is 0.477 e. The summed E-state index contributed by atoms with van der Waals surface area (Å²) in [7, 11) is 0. The third kappa shape index (κ3) is 3.05. The molecule has 3 N–H and O–H groups in total. The number of rotatable bonds is 4. The topological polar surface area (TPSA) is 82.2 Å². The number of aromatic amines is 1. The molecule has 116 valence electrons. The maximum atomic E-state index is 12.5. The lowest BCUT2D eigenvalue weighted by atomic mass is 10.1. The molecule has 2 aromatic carbocycles. The van der Waals surface area contributed by atoms with Crippen LogP contribution >= 0.6 is 11.6 Å². The number of nitrogens with one attached hydrogen (secondary N) is 2. The number of fused-ring (bicyclic) bond motifs is 1. The highest BCUT2D eigenvalue weighted by Crippen LogP contribution is 2.25. The molecule has 0 bridgehead atoms. The fourth-order valence-electron chi connectivity index (χ4n) is 2.43. The minimum absolute atomic E-state index is 0.111. The molecule has 5 nitrogen and oxygen atoms in total. The summed E-state index contributed by atoms with van der Waals surface area (Å²) in [6.07, 6.45) is 0. The number of H-pyrrole nitrogens is 1. The number of carboxylic acids is 1. The van der Waals surface area contributed by atoms with Crippen LogP contribution in [0.25, 0.3) is 10.9 Å². The number of aromatic nitrogens is 1. The quantitative estimate of drug-likeness (QED) is 0.686. The van der Waals surface area contributed by atoms with E-state index in [4.69, 9.17) is 11.6 Å². The standard InChI is InChI=1S/C17H13ClN2O3/c18-11-6-7-12-13(8-11)20-15(17(22)23)14(12)16(21)19-9-10-4-2-1-3-5-10/h1-8,20H,9H2,(H,19,21)(H,22,23). The van der Waals surface area contributed by atoms with Gasteiger partial charge in [0.25, 0.3) is 5.91 Å². The van der Waals surface area contributed by atoms with E-state index in [0.29, 0.717) is 22.5 Å². The Morgan fingerprint density at radius 2 is 1.87 bits per heavy atom. The summed E-state index contributed by atoms with van der Waals surface area (Å²) in [6.45, 7) is 0.318. The van der Waals surface area contributed by atoms with Crippen LogP contribution < -0.4 is 5.32 Å². The number of carboxylic acid groups (broad SMARTS) is 1. The Bertz CT molecular complexity index is 887. The van der Waals surface area contributed by atoms with Crippen molar-refractivity contribution in [3.63, 3.8) is 0 Å². The lowest BCUT2D eigenvalue weighted by Crippen LogP contribution is -2.24. The second kappa shape index (κ2) is 6.14. The van der Waals surface area contributed by atoms with E-state index in [9.17, 15) is 14.7 Å². The summed E-state index contributed by atoms with van der Waals surface area (Å²) in [4.78, 5) is 26.6. The first-order valence-electron chi connectivity index (χ1n) is 6.93. The Hall–Kier alpha value is -2.79. The zero-order valence-corrected chi connectivity index (χ0v) is 12.7. The average Bonchev–Trinajstić information content (AvgIpc) is 2.92. The summed E-state index contributed by atoms with van der Waals surface area (Å²) in [5.74, 6) is -1.64. The zero-order valence-electron chi connectivity index (χ0n) is 12.0. The number of halogens is 1. The maximum Gasteiger partial charge on any atom is 0.353 e. The van der Waals surface area contributed by atoms with Crippen molar-refractivity contribution >= 4 is 34.4 Å². The van der Waals surface area contributed by atoms with Crippen molar-refractivity contribution < 1.29 is 14.7 Å². The van der Waals surface area contributed by atoms with Crippen molar-refractivity contribution in [2.75, 3.05) is 0 Å². The van der Waals surface area contributed by atoms with E-state index in [-0.39, 0.29) is 11.3 Å². The highest BCUT2D eigenvalue weighted by atomic mass is 35.5. The minimum atomic E-state index is -1.19. The van der Waals surface area contributed by atoms with Gasteiger partial charge in [0.2, 0.25) is 0 Å². The van der Waals surface area contributed by atoms with Crippen LogP contribution in [0.1, 0.15) is 26.4 Å². The summed E-state index contributed by atoms with van der Waals surface area (Å²) in [5, 5.41) is 13.1. The van der Waals surface area contributed by atoms with Gasteiger partial charge in [0.05, 0.1) is 5.56 Å². The van der Waals surface area contributed by atoms with Crippen molar-refractivity contribution in [1.82, 2.24) is 10.3 Å². The summed E-state index contributed by atoms with van der Waals surface area (Å²) in [5.41, 5.74) is 1.41. The van der Waals surface area contributed by atoms with Crippen molar-refractivity contribution in [1.29, 1.82) is 0 Å². The number of benzene rings is 2. The molecule has 0 spiro atoms. The molecule has 0 aliphatic rings. The van der Waals surface area contributed by atoms with Crippen LogP contribution in [0.2, 0.25) is 5.02 Å². The second-order valence-electron chi connectivity index (χ2n) is 5.04. The maximum absolute atomic E-state index is 12.5. The second-order valence-corrected chi connectivity index (χ2v) is 5.47. The molecule has 0 saturated heterocycles. The van der Waals surface area contributed by atoms with Gasteiger partial charge in [0.1, 0.15) is 5.69 Å². The van der Waals surface area contributed by atoms with E-state index in [1.54, 1.807) is 18.2 Å². The van der Waals surface area contributed by atoms with Crippen LogP contribution in [0, 0.1) is 0 Å². The molecular weight excluding hydrogens is 316 g/mol. The van der Waals surface area contributed by atoms with Crippen molar-refractivity contribution in [2.24, 2.45) is 0 Å². The van der Waals surface area contributed by atoms with Crippen molar-refractivity contribution in [2.45, 2.75) is 6.54 Å². The summed E-state index contributed by atoms with van der Waals surface area (Å²) < 4.78 is 0. The van der Waals surface area contributed by atoms with E-state index in [0.717, 1.165) is 5.56 Å². The van der Waals surface area contributed by atoms with Crippen LogP contribution in [-0.2, 0) is 6.54 Å². The van der Waals surface area contributed by atoms with E-state index >= 15 is 0 Å². The van der Waals surface area contributed by atoms with Gasteiger partial charge in [0, 0.05) is 22.5 Å². The number of hydrogen-bond acceptors (Lipinski definition) is 2. The smallest absolute Gasteiger partial charge is 0.353 e. The molecule has 0 aliphatic carbocycles. The Morgan fingerprint density at radius 3 is 2.57 bits per heavy atom. The molecule has 0 atom stereocenters. The fraction of sp³-hybridized carbons (Fsp3) is 0.0588. The fourth-order valence-corrected chi connectivity index (χ4v) is 2.60. The van der Waals surface area contributed by atoms with Crippen LogP contribution in [0.4, 0.5) is 0 Å². The number of amides is 1. The first-order valence-corrected chi connectivity index (χ1v) is 7.30. The Morgan fingerprint density at radius 1 is 1.13 bits per heavy atom. The minimum Gasteiger partial charge on any atom is -0.477 e. The molecule has 0 unspecified atom stereocenters. The summed E-state index contributed by atoms with van der Waals surface area (Å²) >= 11 is 5.91. The van der Waals surface area contributed by atoms with Crippen molar-refractivity contribution in [3.8, 4) is 0 Å². The van der Waals surface area contributed by atoms with E-state index in [1.165, 1.54) is 0 Å². The molecule has 23 heavy (non-hydrogen) atoms. The zero-order chi connectivity index (χ0) is 16.4. The summed E-state index contributed by atoms with van der Waals surface area (Å²) in [6, 6.07) is 14.3. The van der Waals surface area contributed by atoms with Gasteiger partial charge >= 0.3 is 5.97 Å². The lowest BCUT2D eigenvalue weighted by molar-refractivity contribution is 0.0685. The molecule has 1 amide bonds. The highest BCUT2D eigenvalue weighted by molar-refractivity contribution is 6.31. The van der Waals surface area contributed by atoms with Gasteiger partial charge in [-0.1, -0.05) is 48.0 Å². The SMILES string of the molecule is O=C(O)c1[nH]c2cc(Cl)ccc2c1C(=O)NCc1ccccc1. The first kappa shape index (κ1) is 15.1. The third-order valence-electron chi connectivity index (χ3n) is 3.50. The number of carbonyl (C=O) groups is 2. The average molecular weight is 329 g/mol. The Kier molecular flexibility index (Phi) is 4.04. The van der Waals surface area contributed by atoms with Crippen molar-refractivity contribution in [3.05, 3.63) is 70.4 Å². The monoisotopic (exact) mass is 328 g/mol. The molecular formula is C17H13ClN2O3. The molecule has 3 rings (SSSR count). The Balaban J connectivity index is 1.95. The highest BCUT2D eigenvalue weighted by Gasteiger charge is 2.22. The molecule has 3 aromatic rings. The molecule has 0 aliphatic heterocycles. The van der Waals surface area contributed by atoms with Crippen LogP contribution in [0.5, 0.6) is 0 Å². The van der Waals surface area contributed by atoms with Gasteiger partial charge in [-0.15, -0.1) is 0 Å². The number of hydrogen-bond donors (Lipinski definition) is 3. The van der Waals surface area contributed by atoms with Gasteiger partial charge in [-0.05, 0) is 17.7 Å². The van der Waals surface area contributed by atoms with Gasteiger partial charge in [-0.2, -0.15) is 0 Å².